The number of hydrogen-bond donors (Lipinski definition) is 4. The van der Waals surface area contributed by atoms with Crippen LogP contribution in [0.5, 0.6) is 0 Å². The number of amides is 7. The Kier molecular flexibility index (Phi) is 10.1. The van der Waals surface area contributed by atoms with Gasteiger partial charge in [0, 0.05) is 13.1 Å². The van der Waals surface area contributed by atoms with Gasteiger partial charge >= 0.3 is 6.03 Å². The monoisotopic (exact) mass is 666 g/mol. The van der Waals surface area contributed by atoms with Crippen LogP contribution in [0.1, 0.15) is 89.5 Å². The fourth-order valence-electron chi connectivity index (χ4n) is 7.27. The van der Waals surface area contributed by atoms with Crippen LogP contribution in [-0.4, -0.2) is 95.0 Å². The number of piperidine rings is 1. The Morgan fingerprint density at radius 1 is 0.958 bits per heavy atom. The molecular formula is C35H50N6O7. The smallest absolute Gasteiger partial charge is 0.315 e. The average Bonchev–Trinajstić information content (AvgIpc) is 3.28. The molecule has 0 spiro atoms. The Morgan fingerprint density at radius 2 is 1.54 bits per heavy atom. The zero-order chi connectivity index (χ0) is 35.9. The molecule has 4 rings (SSSR count). The van der Waals surface area contributed by atoms with Gasteiger partial charge in [0.2, 0.25) is 17.6 Å². The van der Waals surface area contributed by atoms with Crippen molar-refractivity contribution in [3.05, 3.63) is 35.4 Å². The maximum Gasteiger partial charge on any atom is 0.315 e. The van der Waals surface area contributed by atoms with Crippen molar-refractivity contribution in [2.24, 2.45) is 28.6 Å². The van der Waals surface area contributed by atoms with Gasteiger partial charge in [-0.25, -0.2) is 4.79 Å². The summed E-state index contributed by atoms with van der Waals surface area (Å²) in [7, 11) is 0. The number of nitrogens with zero attached hydrogens (tertiary/aromatic N) is 2. The standard InChI is InChI=1S/C35H50N6O7/c1-10-35(19(3)4,18-41-29(45)20-14-12-13-15-21(20)30(41)46)39-32(48)38-26(33(5,6)7)31(47)40-17-22-24(34(22,8)9)25(40)28(44)37-16-23(42)27(43)36-11-2/h12-15,19,22,24-26H,10-11,16-18H2,1-9H3,(H,36,43)(H,37,44)(H2,38,39,48)/t22-,24-,25-,26+,35?/m0/s1. The predicted molar refractivity (Wildman–Crippen MR) is 178 cm³/mol. The van der Waals surface area contributed by atoms with Gasteiger partial charge in [-0.3, -0.25) is 33.7 Å². The van der Waals surface area contributed by atoms with E-state index in [1.165, 1.54) is 9.80 Å². The molecule has 13 heteroatoms. The molecule has 13 nitrogen and oxygen atoms in total. The van der Waals surface area contributed by atoms with Crippen LogP contribution in [0.4, 0.5) is 4.79 Å². The van der Waals surface area contributed by atoms with E-state index >= 15 is 0 Å². The topological polar surface area (TPSA) is 174 Å². The predicted octanol–water partition coefficient (Wildman–Crippen LogP) is 2.11. The lowest BCUT2D eigenvalue weighted by atomic mass is 9.82. The molecular weight excluding hydrogens is 616 g/mol. The molecule has 0 bridgehead atoms. The van der Waals surface area contributed by atoms with Crippen molar-refractivity contribution in [2.75, 3.05) is 26.2 Å². The number of ketones is 1. The lowest BCUT2D eigenvalue weighted by Gasteiger charge is -2.42. The van der Waals surface area contributed by atoms with Crippen LogP contribution in [0.2, 0.25) is 0 Å². The number of nitrogens with one attached hydrogen (secondary N) is 4. The van der Waals surface area contributed by atoms with E-state index in [0.717, 1.165) is 0 Å². The van der Waals surface area contributed by atoms with E-state index in [2.05, 4.69) is 21.3 Å². The number of rotatable bonds is 12. The SMILES string of the molecule is CCNC(=O)C(=O)CNC(=O)[C@@H]1[C@@H]2[C@H](CN1C(=O)[C@@H](NC(=O)NC(CC)(CN1C(=O)c3ccccc3C1=O)C(C)C)C(C)(C)C)C2(C)C. The minimum atomic E-state index is -1.05. The Labute approximate surface area is 282 Å². The normalized spacial score (nSPS) is 22.8. The fourth-order valence-corrected chi connectivity index (χ4v) is 7.27. The van der Waals surface area contributed by atoms with Gasteiger partial charge in [-0.15, -0.1) is 0 Å². The molecule has 4 N–H and O–H groups in total. The number of carbonyl (C=O) groups excluding carboxylic acids is 7. The molecule has 1 aromatic rings. The number of likely N-dealkylation sites (tertiary alicyclic amines) is 1. The maximum atomic E-state index is 14.3. The number of benzene rings is 1. The maximum absolute atomic E-state index is 14.3. The van der Waals surface area contributed by atoms with Crippen LogP contribution in [0, 0.1) is 28.6 Å². The van der Waals surface area contributed by atoms with Gasteiger partial charge in [0.1, 0.15) is 12.1 Å². The Bertz CT molecular complexity index is 1480. The number of hydrogen-bond acceptors (Lipinski definition) is 7. The Morgan fingerprint density at radius 3 is 2.04 bits per heavy atom. The Hall–Kier alpha value is -4.29. The van der Waals surface area contributed by atoms with Crippen LogP contribution < -0.4 is 21.3 Å². The molecule has 5 atom stereocenters. The molecule has 1 unspecified atom stereocenters. The zero-order valence-corrected chi connectivity index (χ0v) is 29.5. The van der Waals surface area contributed by atoms with Crippen molar-refractivity contribution in [3.8, 4) is 0 Å². The third-order valence-corrected chi connectivity index (χ3v) is 10.6. The van der Waals surface area contributed by atoms with E-state index in [1.807, 2.05) is 55.4 Å². The quantitative estimate of drug-likeness (QED) is 0.195. The number of likely N-dealkylation sites (N-methyl/N-ethyl adjacent to an activating group) is 1. The average molecular weight is 667 g/mol. The van der Waals surface area contributed by atoms with Crippen LogP contribution in [0.15, 0.2) is 24.3 Å². The highest BCUT2D eigenvalue weighted by molar-refractivity contribution is 6.37. The molecule has 2 aliphatic heterocycles. The van der Waals surface area contributed by atoms with E-state index in [0.29, 0.717) is 24.1 Å². The number of Topliss-reactive ketones (excluding diaryl/α,β-unsaturated/α-hetero) is 1. The highest BCUT2D eigenvalue weighted by atomic mass is 16.2. The Balaban J connectivity index is 1.52. The van der Waals surface area contributed by atoms with E-state index < -0.39 is 70.9 Å². The van der Waals surface area contributed by atoms with Crippen LogP contribution >= 0.6 is 0 Å². The first kappa shape index (κ1) is 36.5. The van der Waals surface area contributed by atoms with Crippen LogP contribution in [0.25, 0.3) is 0 Å². The summed E-state index contributed by atoms with van der Waals surface area (Å²) in [6, 6.07) is 4.03. The molecule has 1 saturated heterocycles. The molecule has 0 aromatic heterocycles. The summed E-state index contributed by atoms with van der Waals surface area (Å²) in [5.41, 5.74) is -1.36. The van der Waals surface area contributed by atoms with Gasteiger partial charge in [0.05, 0.1) is 29.8 Å². The molecule has 2 fully saturated rings. The highest BCUT2D eigenvalue weighted by Crippen LogP contribution is 2.65. The van der Waals surface area contributed by atoms with Crippen molar-refractivity contribution < 1.29 is 33.6 Å². The van der Waals surface area contributed by atoms with Crippen molar-refractivity contribution in [1.29, 1.82) is 0 Å². The van der Waals surface area contributed by atoms with Gasteiger partial charge in [-0.2, -0.15) is 0 Å². The largest absolute Gasteiger partial charge is 0.350 e. The molecule has 1 aromatic carbocycles. The van der Waals surface area contributed by atoms with Gasteiger partial charge in [-0.1, -0.05) is 67.5 Å². The third-order valence-electron chi connectivity index (χ3n) is 10.6. The van der Waals surface area contributed by atoms with Crippen molar-refractivity contribution in [2.45, 2.75) is 86.4 Å². The molecule has 7 amide bonds. The fraction of sp³-hybridized carbons (Fsp3) is 0.629. The molecule has 1 aliphatic carbocycles. The van der Waals surface area contributed by atoms with Crippen molar-refractivity contribution >= 4 is 41.4 Å². The van der Waals surface area contributed by atoms with E-state index in [9.17, 15) is 33.6 Å². The van der Waals surface area contributed by atoms with Gasteiger partial charge in [0.15, 0.2) is 0 Å². The number of fused-ring (bicyclic) bond motifs is 2. The number of carbonyl (C=O) groups is 7. The molecule has 2 heterocycles. The molecule has 1 saturated carbocycles. The first-order chi connectivity index (χ1) is 22.3. The summed E-state index contributed by atoms with van der Waals surface area (Å²) in [4.78, 5) is 94.8. The molecule has 262 valence electrons. The summed E-state index contributed by atoms with van der Waals surface area (Å²) in [5.74, 6) is -3.70. The minimum Gasteiger partial charge on any atom is -0.350 e. The second-order valence-corrected chi connectivity index (χ2v) is 15.2. The van der Waals surface area contributed by atoms with Crippen LogP contribution in [-0.2, 0) is 19.2 Å². The number of urea groups is 1. The summed E-state index contributed by atoms with van der Waals surface area (Å²) in [6.45, 7) is 16.9. The lowest BCUT2D eigenvalue weighted by Crippen LogP contribution is -2.65. The van der Waals surface area contributed by atoms with Gasteiger partial charge in [0.25, 0.3) is 17.7 Å². The number of imide groups is 1. The van der Waals surface area contributed by atoms with Crippen molar-refractivity contribution in [1.82, 2.24) is 31.1 Å². The zero-order valence-electron chi connectivity index (χ0n) is 29.5. The first-order valence-corrected chi connectivity index (χ1v) is 16.8. The molecule has 3 aliphatic rings. The molecule has 0 radical (unpaired) electrons. The van der Waals surface area contributed by atoms with Gasteiger partial charge in [-0.05, 0) is 54.1 Å². The minimum absolute atomic E-state index is 0.0547. The van der Waals surface area contributed by atoms with Gasteiger partial charge < -0.3 is 26.2 Å². The highest BCUT2D eigenvalue weighted by Gasteiger charge is 2.69. The van der Waals surface area contributed by atoms with E-state index in [1.54, 1.807) is 31.2 Å². The summed E-state index contributed by atoms with van der Waals surface area (Å²) < 4.78 is 0. The lowest BCUT2D eigenvalue weighted by molar-refractivity contribution is -0.144. The summed E-state index contributed by atoms with van der Waals surface area (Å²) in [5, 5.41) is 10.9. The molecule has 48 heavy (non-hydrogen) atoms. The van der Waals surface area contributed by atoms with E-state index in [4.69, 9.17) is 0 Å². The second kappa shape index (κ2) is 13.3. The third kappa shape index (κ3) is 6.68. The van der Waals surface area contributed by atoms with E-state index in [-0.39, 0.29) is 36.3 Å². The van der Waals surface area contributed by atoms with Crippen molar-refractivity contribution in [3.63, 3.8) is 0 Å². The second-order valence-electron chi connectivity index (χ2n) is 15.2. The summed E-state index contributed by atoms with van der Waals surface area (Å²) >= 11 is 0. The first-order valence-electron chi connectivity index (χ1n) is 16.8. The summed E-state index contributed by atoms with van der Waals surface area (Å²) in [6.07, 6.45) is 0.390. The van der Waals surface area contributed by atoms with Crippen LogP contribution in [0.3, 0.4) is 0 Å².